The molecule has 4 aromatic rings. The fraction of sp³-hybridized carbons (Fsp3) is 0.321. The minimum Gasteiger partial charge on any atom is -0.485 e. The molecule has 0 saturated carbocycles. The van der Waals surface area contributed by atoms with Gasteiger partial charge in [0.05, 0.1) is 16.9 Å². The van der Waals surface area contributed by atoms with E-state index >= 15 is 0 Å². The first-order chi connectivity index (χ1) is 17.6. The first kappa shape index (κ1) is 27.7. The molecule has 0 amide bonds. The molecular formula is C28H31Cl2N5O3. The standard InChI is InChI=1S/C28H29N5O3.2ClH/c1-19-10-11-21-22(30-19)7-3-8-23(21)32-15-13-31(14-16-32)12-4-6-20-5-2-9-24-27(20)36-17-25-26(28(34)35)29-18-33(24)25;;/h2-3,5,7-11,18H,4,6,12-17H2,1H3,(H,34,35);2*1H. The van der Waals surface area contributed by atoms with E-state index in [0.29, 0.717) is 5.69 Å². The molecule has 10 heteroatoms. The summed E-state index contributed by atoms with van der Waals surface area (Å²) in [5, 5.41) is 10.6. The van der Waals surface area contributed by atoms with Crippen LogP contribution in [0.1, 0.15) is 33.9 Å². The number of aromatic nitrogens is 3. The van der Waals surface area contributed by atoms with Gasteiger partial charge >= 0.3 is 5.97 Å². The first-order valence-electron chi connectivity index (χ1n) is 12.5. The number of piperazine rings is 1. The predicted molar refractivity (Wildman–Crippen MR) is 153 cm³/mol. The molecule has 0 aliphatic carbocycles. The number of aryl methyl sites for hydroxylation is 2. The number of nitrogens with zero attached hydrogens (tertiary/aromatic N) is 5. The lowest BCUT2D eigenvalue weighted by Gasteiger charge is -2.36. The van der Waals surface area contributed by atoms with Gasteiger partial charge < -0.3 is 14.7 Å². The van der Waals surface area contributed by atoms with Crippen LogP contribution in [-0.4, -0.2) is 63.2 Å². The van der Waals surface area contributed by atoms with Gasteiger partial charge in [-0.1, -0.05) is 18.2 Å². The number of anilines is 1. The Morgan fingerprint density at radius 2 is 1.76 bits per heavy atom. The van der Waals surface area contributed by atoms with E-state index in [-0.39, 0.29) is 37.1 Å². The Kier molecular flexibility index (Phi) is 8.45. The SMILES string of the molecule is Cc1ccc2c(N3CCN(CCCc4cccc5c4OCc4c(C(=O)O)ncn4-5)CC3)cccc2n1.Cl.Cl. The van der Waals surface area contributed by atoms with Gasteiger partial charge in [0.15, 0.2) is 5.69 Å². The number of para-hydroxylation sites is 1. The van der Waals surface area contributed by atoms with Crippen molar-refractivity contribution in [3.63, 3.8) is 0 Å². The Hall–Kier alpha value is -3.33. The van der Waals surface area contributed by atoms with Crippen molar-refractivity contribution in [1.29, 1.82) is 0 Å². The number of rotatable bonds is 6. The number of carbonyl (C=O) groups is 1. The lowest BCUT2D eigenvalue weighted by Crippen LogP contribution is -2.46. The minimum absolute atomic E-state index is 0. The molecule has 0 spiro atoms. The number of hydrogen-bond acceptors (Lipinski definition) is 6. The maximum atomic E-state index is 11.4. The lowest BCUT2D eigenvalue weighted by molar-refractivity contribution is 0.0687. The van der Waals surface area contributed by atoms with E-state index in [4.69, 9.17) is 4.74 Å². The zero-order valence-electron chi connectivity index (χ0n) is 21.2. The Morgan fingerprint density at radius 3 is 2.55 bits per heavy atom. The number of hydrogen-bond donors (Lipinski definition) is 1. The van der Waals surface area contributed by atoms with Crippen molar-refractivity contribution in [2.75, 3.05) is 37.6 Å². The molecule has 38 heavy (non-hydrogen) atoms. The summed E-state index contributed by atoms with van der Waals surface area (Å²) in [6.07, 6.45) is 3.53. The molecule has 2 aliphatic rings. The van der Waals surface area contributed by atoms with E-state index in [9.17, 15) is 9.90 Å². The van der Waals surface area contributed by atoms with Gasteiger partial charge in [0, 0.05) is 42.9 Å². The van der Waals surface area contributed by atoms with Crippen molar-refractivity contribution < 1.29 is 14.6 Å². The number of carboxylic acid groups (broad SMARTS) is 1. The Balaban J connectivity index is 0.00000168. The van der Waals surface area contributed by atoms with E-state index in [2.05, 4.69) is 56.2 Å². The van der Waals surface area contributed by atoms with Crippen LogP contribution in [0.4, 0.5) is 5.69 Å². The van der Waals surface area contributed by atoms with Crippen LogP contribution in [0.3, 0.4) is 0 Å². The number of imidazole rings is 1. The topological polar surface area (TPSA) is 83.7 Å². The molecule has 2 aromatic carbocycles. The molecule has 8 nitrogen and oxygen atoms in total. The smallest absolute Gasteiger partial charge is 0.356 e. The van der Waals surface area contributed by atoms with Crippen LogP contribution in [0.25, 0.3) is 16.6 Å². The quantitative estimate of drug-likeness (QED) is 0.361. The van der Waals surface area contributed by atoms with Crippen molar-refractivity contribution in [3.8, 4) is 11.4 Å². The molecule has 2 aliphatic heterocycles. The lowest BCUT2D eigenvalue weighted by atomic mass is 10.1. The van der Waals surface area contributed by atoms with Gasteiger partial charge in [0.25, 0.3) is 0 Å². The Bertz CT molecular complexity index is 1450. The fourth-order valence-corrected chi connectivity index (χ4v) is 5.38. The summed E-state index contributed by atoms with van der Waals surface area (Å²) in [5.74, 6) is -0.191. The third-order valence-corrected chi connectivity index (χ3v) is 7.24. The van der Waals surface area contributed by atoms with Gasteiger partial charge in [0.2, 0.25) is 0 Å². The highest BCUT2D eigenvalue weighted by Crippen LogP contribution is 2.35. The second-order valence-electron chi connectivity index (χ2n) is 9.50. The molecule has 1 saturated heterocycles. The molecule has 0 atom stereocenters. The van der Waals surface area contributed by atoms with Gasteiger partial charge in [-0.05, 0) is 62.2 Å². The van der Waals surface area contributed by atoms with Gasteiger partial charge in [-0.3, -0.25) is 14.5 Å². The van der Waals surface area contributed by atoms with Crippen molar-refractivity contribution in [2.45, 2.75) is 26.4 Å². The highest BCUT2D eigenvalue weighted by atomic mass is 35.5. The zero-order valence-corrected chi connectivity index (χ0v) is 22.8. The Labute approximate surface area is 234 Å². The monoisotopic (exact) mass is 555 g/mol. The predicted octanol–water partition coefficient (Wildman–Crippen LogP) is 4.92. The van der Waals surface area contributed by atoms with Crippen LogP contribution >= 0.6 is 24.8 Å². The number of ether oxygens (including phenoxy) is 1. The highest BCUT2D eigenvalue weighted by molar-refractivity contribution is 5.92. The largest absolute Gasteiger partial charge is 0.485 e. The minimum atomic E-state index is -1.03. The Morgan fingerprint density at radius 1 is 1.00 bits per heavy atom. The summed E-state index contributed by atoms with van der Waals surface area (Å²) in [6.45, 7) is 7.37. The maximum Gasteiger partial charge on any atom is 0.356 e. The van der Waals surface area contributed by atoms with E-state index in [0.717, 1.165) is 73.8 Å². The second-order valence-corrected chi connectivity index (χ2v) is 9.50. The molecule has 6 rings (SSSR count). The normalized spacial score (nSPS) is 14.6. The van der Waals surface area contributed by atoms with Crippen molar-refractivity contribution in [2.24, 2.45) is 0 Å². The van der Waals surface area contributed by atoms with E-state index in [1.54, 1.807) is 6.33 Å². The van der Waals surface area contributed by atoms with Crippen molar-refractivity contribution in [1.82, 2.24) is 19.4 Å². The summed E-state index contributed by atoms with van der Waals surface area (Å²) in [4.78, 5) is 25.2. The molecule has 1 fully saturated rings. The average molecular weight is 556 g/mol. The van der Waals surface area contributed by atoms with E-state index < -0.39 is 5.97 Å². The summed E-state index contributed by atoms with van der Waals surface area (Å²) in [5.41, 5.74) is 6.04. The van der Waals surface area contributed by atoms with E-state index in [1.807, 2.05) is 23.6 Å². The van der Waals surface area contributed by atoms with Gasteiger partial charge in [0.1, 0.15) is 18.7 Å². The van der Waals surface area contributed by atoms with Gasteiger partial charge in [-0.25, -0.2) is 9.78 Å². The molecule has 1 N–H and O–H groups in total. The number of halogens is 2. The summed E-state index contributed by atoms with van der Waals surface area (Å²) in [6, 6.07) is 16.8. The summed E-state index contributed by atoms with van der Waals surface area (Å²) < 4.78 is 7.87. The van der Waals surface area contributed by atoms with Crippen LogP contribution in [0, 0.1) is 6.92 Å². The molecule has 0 radical (unpaired) electrons. The number of carboxylic acids is 1. The molecule has 4 heterocycles. The van der Waals surface area contributed by atoms with Crippen LogP contribution in [-0.2, 0) is 13.0 Å². The highest BCUT2D eigenvalue weighted by Gasteiger charge is 2.26. The van der Waals surface area contributed by atoms with Crippen molar-refractivity contribution >= 4 is 47.4 Å². The number of fused-ring (bicyclic) bond motifs is 4. The fourth-order valence-electron chi connectivity index (χ4n) is 5.38. The first-order valence-corrected chi connectivity index (χ1v) is 12.5. The number of benzene rings is 2. The van der Waals surface area contributed by atoms with E-state index in [1.165, 1.54) is 11.1 Å². The molecule has 200 valence electrons. The third-order valence-electron chi connectivity index (χ3n) is 7.24. The average Bonchev–Trinajstić information content (AvgIpc) is 3.34. The molecule has 0 unspecified atom stereocenters. The van der Waals surface area contributed by atoms with Gasteiger partial charge in [-0.2, -0.15) is 0 Å². The van der Waals surface area contributed by atoms with Crippen LogP contribution in [0.15, 0.2) is 54.9 Å². The number of pyridine rings is 1. The van der Waals surface area contributed by atoms with Crippen LogP contribution in [0.5, 0.6) is 5.75 Å². The van der Waals surface area contributed by atoms with Gasteiger partial charge in [-0.15, -0.1) is 24.8 Å². The van der Waals surface area contributed by atoms with Crippen LogP contribution in [0.2, 0.25) is 0 Å². The van der Waals surface area contributed by atoms with Crippen LogP contribution < -0.4 is 9.64 Å². The summed E-state index contributed by atoms with van der Waals surface area (Å²) >= 11 is 0. The zero-order chi connectivity index (χ0) is 24.6. The molecular weight excluding hydrogens is 525 g/mol. The molecule has 0 bridgehead atoms. The van der Waals surface area contributed by atoms with Crippen molar-refractivity contribution in [3.05, 3.63) is 77.5 Å². The second kappa shape index (κ2) is 11.6. The molecule has 2 aromatic heterocycles. The third kappa shape index (κ3) is 5.16. The maximum absolute atomic E-state index is 11.4. The summed E-state index contributed by atoms with van der Waals surface area (Å²) in [7, 11) is 0. The number of aromatic carboxylic acids is 1.